The molecule has 0 radical (unpaired) electrons. The van der Waals surface area contributed by atoms with E-state index < -0.39 is 56.6 Å². The van der Waals surface area contributed by atoms with Gasteiger partial charge in [-0.25, -0.2) is 22.0 Å². The molecule has 2 aromatic rings. The molecule has 0 saturated carbocycles. The van der Waals surface area contributed by atoms with Crippen molar-refractivity contribution >= 4 is 11.5 Å². The monoisotopic (exact) mass is 317 g/mol. The van der Waals surface area contributed by atoms with Gasteiger partial charge in [0.15, 0.2) is 29.1 Å². The minimum absolute atomic E-state index is 0.408. The van der Waals surface area contributed by atoms with E-state index in [-0.39, 0.29) is 0 Å². The van der Waals surface area contributed by atoms with Crippen LogP contribution in [0.1, 0.15) is 15.9 Å². The fourth-order valence-corrected chi connectivity index (χ4v) is 1.68. The number of carbonyl (C=O) groups is 1. The smallest absolute Gasteiger partial charge is 0.269 e. The topological polar surface area (TPSA) is 60.2 Å². The van der Waals surface area contributed by atoms with Crippen molar-refractivity contribution in [1.29, 1.82) is 0 Å². The van der Waals surface area contributed by atoms with Crippen molar-refractivity contribution in [1.82, 2.24) is 0 Å². The normalized spacial score (nSPS) is 10.6. The SMILES string of the molecule is O=C(c1ccc([N+](=O)[O-])cc1)c1c(F)c(F)c(F)c(F)c1F. The van der Waals surface area contributed by atoms with Gasteiger partial charge in [0.1, 0.15) is 5.56 Å². The Labute approximate surface area is 118 Å². The average molecular weight is 317 g/mol. The van der Waals surface area contributed by atoms with E-state index in [0.717, 1.165) is 24.3 Å². The number of nitrogens with zero attached hydrogens (tertiary/aromatic N) is 1. The highest BCUT2D eigenvalue weighted by molar-refractivity contribution is 6.09. The predicted molar refractivity (Wildman–Crippen MR) is 62.8 cm³/mol. The maximum Gasteiger partial charge on any atom is 0.269 e. The molecule has 2 rings (SSSR count). The van der Waals surface area contributed by atoms with Gasteiger partial charge in [-0.15, -0.1) is 0 Å². The zero-order valence-corrected chi connectivity index (χ0v) is 10.4. The van der Waals surface area contributed by atoms with Gasteiger partial charge in [-0.05, 0) is 12.1 Å². The van der Waals surface area contributed by atoms with Crippen LogP contribution >= 0.6 is 0 Å². The Hall–Kier alpha value is -2.84. The molecular weight excluding hydrogens is 313 g/mol. The zero-order valence-electron chi connectivity index (χ0n) is 10.4. The highest BCUT2D eigenvalue weighted by Gasteiger charge is 2.30. The van der Waals surface area contributed by atoms with Crippen LogP contribution in [0.25, 0.3) is 0 Å². The van der Waals surface area contributed by atoms with Gasteiger partial charge in [0.05, 0.1) is 4.92 Å². The van der Waals surface area contributed by atoms with Crippen molar-refractivity contribution < 1.29 is 31.7 Å². The first-order valence-corrected chi connectivity index (χ1v) is 5.56. The van der Waals surface area contributed by atoms with Crippen molar-refractivity contribution in [2.75, 3.05) is 0 Å². The number of nitro benzene ring substituents is 1. The van der Waals surface area contributed by atoms with E-state index in [4.69, 9.17) is 0 Å². The summed E-state index contributed by atoms with van der Waals surface area (Å²) in [4.78, 5) is 21.5. The average Bonchev–Trinajstić information content (AvgIpc) is 2.51. The fourth-order valence-electron chi connectivity index (χ4n) is 1.68. The molecule has 0 aromatic heterocycles. The Morgan fingerprint density at radius 1 is 0.818 bits per heavy atom. The van der Waals surface area contributed by atoms with Crippen LogP contribution in [0.3, 0.4) is 0 Å². The van der Waals surface area contributed by atoms with Gasteiger partial charge in [0.25, 0.3) is 5.69 Å². The van der Waals surface area contributed by atoms with Crippen LogP contribution in [0.2, 0.25) is 0 Å². The molecule has 0 N–H and O–H groups in total. The molecule has 22 heavy (non-hydrogen) atoms. The summed E-state index contributed by atoms with van der Waals surface area (Å²) in [6.45, 7) is 0. The fraction of sp³-hybridized carbons (Fsp3) is 0. The summed E-state index contributed by atoms with van der Waals surface area (Å²) in [5.41, 5.74) is -2.49. The number of carbonyl (C=O) groups excluding carboxylic acids is 1. The maximum absolute atomic E-state index is 13.5. The Morgan fingerprint density at radius 2 is 1.23 bits per heavy atom. The first-order chi connectivity index (χ1) is 10.3. The molecule has 0 heterocycles. The summed E-state index contributed by atoms with van der Waals surface area (Å²) in [6.07, 6.45) is 0. The molecule has 0 aliphatic carbocycles. The molecule has 4 nitrogen and oxygen atoms in total. The summed E-state index contributed by atoms with van der Waals surface area (Å²) < 4.78 is 66.0. The zero-order chi connectivity index (χ0) is 16.6. The predicted octanol–water partition coefficient (Wildman–Crippen LogP) is 3.52. The van der Waals surface area contributed by atoms with Gasteiger partial charge >= 0.3 is 0 Å². The minimum Gasteiger partial charge on any atom is -0.288 e. The molecule has 0 spiro atoms. The standard InChI is InChI=1S/C13H4F5NO3/c14-8-7(9(15)11(17)12(18)10(8)16)13(20)5-1-3-6(4-2-5)19(21)22/h1-4H. The summed E-state index contributed by atoms with van der Waals surface area (Å²) in [6, 6.07) is 3.41. The number of nitro groups is 1. The number of hydrogen-bond donors (Lipinski definition) is 0. The Balaban J connectivity index is 2.57. The van der Waals surface area contributed by atoms with Gasteiger partial charge in [-0.2, -0.15) is 0 Å². The molecule has 9 heteroatoms. The molecular formula is C13H4F5NO3. The van der Waals surface area contributed by atoms with Crippen LogP contribution in [0, 0.1) is 39.2 Å². The lowest BCUT2D eigenvalue weighted by atomic mass is 10.0. The number of non-ortho nitro benzene ring substituents is 1. The first kappa shape index (κ1) is 15.5. The third kappa shape index (κ3) is 2.41. The lowest BCUT2D eigenvalue weighted by Gasteiger charge is -2.07. The van der Waals surface area contributed by atoms with E-state index in [1.807, 2.05) is 0 Å². The van der Waals surface area contributed by atoms with Crippen LogP contribution in [0.15, 0.2) is 24.3 Å². The summed E-state index contributed by atoms with van der Waals surface area (Å²) >= 11 is 0. The van der Waals surface area contributed by atoms with E-state index in [0.29, 0.717) is 0 Å². The summed E-state index contributed by atoms with van der Waals surface area (Å²) in [5, 5.41) is 10.4. The van der Waals surface area contributed by atoms with Crippen molar-refractivity contribution in [3.63, 3.8) is 0 Å². The minimum atomic E-state index is -2.38. The third-order valence-corrected chi connectivity index (χ3v) is 2.78. The second-order valence-corrected chi connectivity index (χ2v) is 4.08. The highest BCUT2D eigenvalue weighted by atomic mass is 19.2. The van der Waals surface area contributed by atoms with Crippen molar-refractivity contribution in [2.24, 2.45) is 0 Å². The number of halogens is 5. The molecule has 0 fully saturated rings. The van der Waals surface area contributed by atoms with Gasteiger partial charge in [-0.3, -0.25) is 14.9 Å². The Kier molecular flexibility index (Phi) is 3.89. The quantitative estimate of drug-likeness (QED) is 0.217. The first-order valence-electron chi connectivity index (χ1n) is 5.56. The summed E-state index contributed by atoms with van der Waals surface area (Å²) in [5.74, 6) is -12.9. The van der Waals surface area contributed by atoms with E-state index in [2.05, 4.69) is 0 Å². The second kappa shape index (κ2) is 5.51. The lowest BCUT2D eigenvalue weighted by molar-refractivity contribution is -0.384. The van der Waals surface area contributed by atoms with Crippen molar-refractivity contribution in [3.8, 4) is 0 Å². The highest BCUT2D eigenvalue weighted by Crippen LogP contribution is 2.25. The van der Waals surface area contributed by atoms with Gasteiger partial charge in [0, 0.05) is 17.7 Å². The largest absolute Gasteiger partial charge is 0.288 e. The van der Waals surface area contributed by atoms with Gasteiger partial charge in [0.2, 0.25) is 5.82 Å². The Bertz CT molecular complexity index is 760. The molecule has 114 valence electrons. The Morgan fingerprint density at radius 3 is 1.64 bits per heavy atom. The van der Waals surface area contributed by atoms with Crippen LogP contribution in [-0.2, 0) is 0 Å². The van der Waals surface area contributed by atoms with E-state index in [1.165, 1.54) is 0 Å². The molecule has 0 aliphatic rings. The van der Waals surface area contributed by atoms with Crippen molar-refractivity contribution in [3.05, 3.63) is 74.6 Å². The molecule has 0 amide bonds. The second-order valence-electron chi connectivity index (χ2n) is 4.08. The van der Waals surface area contributed by atoms with Crippen molar-refractivity contribution in [2.45, 2.75) is 0 Å². The molecule has 0 saturated heterocycles. The molecule has 0 unspecified atom stereocenters. The number of benzene rings is 2. The van der Waals surface area contributed by atoms with Crippen LogP contribution in [0.4, 0.5) is 27.6 Å². The van der Waals surface area contributed by atoms with Crippen LogP contribution < -0.4 is 0 Å². The maximum atomic E-state index is 13.5. The molecule has 0 aliphatic heterocycles. The number of ketones is 1. The van der Waals surface area contributed by atoms with Gasteiger partial charge < -0.3 is 0 Å². The molecule has 0 bridgehead atoms. The van der Waals surface area contributed by atoms with E-state index in [9.17, 15) is 36.9 Å². The molecule has 0 atom stereocenters. The lowest BCUT2D eigenvalue weighted by Crippen LogP contribution is -2.13. The van der Waals surface area contributed by atoms with E-state index >= 15 is 0 Å². The third-order valence-electron chi connectivity index (χ3n) is 2.78. The summed E-state index contributed by atoms with van der Waals surface area (Å²) in [7, 11) is 0. The molecule has 2 aromatic carbocycles. The van der Waals surface area contributed by atoms with Crippen LogP contribution in [-0.4, -0.2) is 10.7 Å². The number of hydrogen-bond acceptors (Lipinski definition) is 3. The van der Waals surface area contributed by atoms with Gasteiger partial charge in [-0.1, -0.05) is 0 Å². The number of rotatable bonds is 3. The van der Waals surface area contributed by atoms with E-state index in [1.54, 1.807) is 0 Å². The van der Waals surface area contributed by atoms with Crippen LogP contribution in [0.5, 0.6) is 0 Å².